The molecule has 1 aliphatic heterocycles. The van der Waals surface area contributed by atoms with Crippen LogP contribution in [0.3, 0.4) is 0 Å². The van der Waals surface area contributed by atoms with E-state index in [4.69, 9.17) is 9.47 Å². The minimum Gasteiger partial charge on any atom is -0.493 e. The third-order valence-corrected chi connectivity index (χ3v) is 8.46. The van der Waals surface area contributed by atoms with Crippen LogP contribution in [0.4, 0.5) is 5.82 Å². The lowest BCUT2D eigenvalue weighted by Crippen LogP contribution is -2.40. The molecule has 1 fully saturated rings. The number of hydrogen-bond donors (Lipinski definition) is 0. The van der Waals surface area contributed by atoms with E-state index in [1.807, 2.05) is 19.3 Å². The Morgan fingerprint density at radius 2 is 1.78 bits per heavy atom. The van der Waals surface area contributed by atoms with Gasteiger partial charge < -0.3 is 14.4 Å². The van der Waals surface area contributed by atoms with E-state index in [0.29, 0.717) is 5.78 Å². The molecule has 6 rings (SSSR count). The molecule has 3 unspecified atom stereocenters. The van der Waals surface area contributed by atoms with Crippen LogP contribution in [0.2, 0.25) is 0 Å². The zero-order valence-electron chi connectivity index (χ0n) is 21.6. The van der Waals surface area contributed by atoms with E-state index in [2.05, 4.69) is 50.3 Å². The number of carbonyl (C=O) groups is 1. The predicted octanol–water partition coefficient (Wildman–Crippen LogP) is 4.47. The molecule has 8 nitrogen and oxygen atoms in total. The average molecular weight is 500 g/mol. The summed E-state index contributed by atoms with van der Waals surface area (Å²) in [6, 6.07) is 6.19. The molecule has 0 spiro atoms. The number of rotatable bonds is 5. The predicted molar refractivity (Wildman–Crippen MR) is 142 cm³/mol. The van der Waals surface area contributed by atoms with Crippen LogP contribution in [0, 0.1) is 17.8 Å². The van der Waals surface area contributed by atoms with Crippen molar-refractivity contribution < 1.29 is 14.3 Å². The zero-order chi connectivity index (χ0) is 25.5. The lowest BCUT2D eigenvalue weighted by molar-refractivity contribution is -0.122. The second-order valence-corrected chi connectivity index (χ2v) is 10.3. The number of anilines is 1. The molecule has 37 heavy (non-hydrogen) atoms. The van der Waals surface area contributed by atoms with Crippen molar-refractivity contribution in [3.8, 4) is 11.5 Å². The summed E-state index contributed by atoms with van der Waals surface area (Å²) < 4.78 is 12.9. The summed E-state index contributed by atoms with van der Waals surface area (Å²) >= 11 is 0. The van der Waals surface area contributed by atoms with Gasteiger partial charge in [0.1, 0.15) is 12.1 Å². The number of benzene rings is 1. The van der Waals surface area contributed by atoms with Gasteiger partial charge in [-0.3, -0.25) is 9.48 Å². The Bertz CT molecular complexity index is 1390. The Morgan fingerprint density at radius 3 is 2.57 bits per heavy atom. The van der Waals surface area contributed by atoms with E-state index >= 15 is 0 Å². The normalized spacial score (nSPS) is 24.2. The van der Waals surface area contributed by atoms with Gasteiger partial charge in [-0.2, -0.15) is 5.10 Å². The van der Waals surface area contributed by atoms with Crippen molar-refractivity contribution in [1.29, 1.82) is 0 Å². The van der Waals surface area contributed by atoms with Gasteiger partial charge in [-0.15, -0.1) is 0 Å². The Balaban J connectivity index is 1.28. The van der Waals surface area contributed by atoms with E-state index in [-0.39, 0.29) is 23.7 Å². The van der Waals surface area contributed by atoms with Crippen molar-refractivity contribution in [3.05, 3.63) is 60.1 Å². The van der Waals surface area contributed by atoms with Gasteiger partial charge in [0.05, 0.1) is 25.8 Å². The minimum atomic E-state index is 0.0398. The van der Waals surface area contributed by atoms with E-state index in [9.17, 15) is 4.79 Å². The number of aromatic nitrogens is 4. The van der Waals surface area contributed by atoms with Gasteiger partial charge in [0.2, 0.25) is 0 Å². The van der Waals surface area contributed by atoms with Crippen molar-refractivity contribution in [2.24, 2.45) is 24.8 Å². The van der Waals surface area contributed by atoms with Gasteiger partial charge in [-0.05, 0) is 60.8 Å². The van der Waals surface area contributed by atoms with Gasteiger partial charge >= 0.3 is 0 Å². The minimum absolute atomic E-state index is 0.0398. The molecule has 0 N–H and O–H groups in total. The SMILES string of the molecule is COc1ccc(C2C=C(C3CCN(c4ncnc5c4cnn5C)CC3)C(=O)C3CC=CCC32)cc1OC. The Kier molecular flexibility index (Phi) is 6.18. The number of carbonyl (C=O) groups excluding carboxylic acids is 1. The number of piperidine rings is 1. The first-order chi connectivity index (χ1) is 18.1. The summed E-state index contributed by atoms with van der Waals surface area (Å²) in [5, 5.41) is 5.33. The molecule has 3 atom stereocenters. The van der Waals surface area contributed by atoms with Gasteiger partial charge in [0.25, 0.3) is 0 Å². The second-order valence-electron chi connectivity index (χ2n) is 10.3. The van der Waals surface area contributed by atoms with Crippen LogP contribution in [0.15, 0.2) is 54.5 Å². The number of fused-ring (bicyclic) bond motifs is 2. The second kappa shape index (κ2) is 9.65. The first-order valence-corrected chi connectivity index (χ1v) is 13.1. The fraction of sp³-hybridized carbons (Fsp3) is 0.448. The highest BCUT2D eigenvalue weighted by molar-refractivity contribution is 5.99. The topological polar surface area (TPSA) is 82.4 Å². The summed E-state index contributed by atoms with van der Waals surface area (Å²) in [6.07, 6.45) is 13.8. The summed E-state index contributed by atoms with van der Waals surface area (Å²) in [5.41, 5.74) is 3.04. The molecule has 3 aliphatic rings. The van der Waals surface area contributed by atoms with E-state index in [0.717, 1.165) is 72.7 Å². The van der Waals surface area contributed by atoms with E-state index in [1.54, 1.807) is 25.2 Å². The summed E-state index contributed by atoms with van der Waals surface area (Å²) in [6.45, 7) is 1.70. The molecule has 3 aromatic rings. The molecule has 0 saturated carbocycles. The van der Waals surface area contributed by atoms with E-state index < -0.39 is 0 Å². The highest BCUT2D eigenvalue weighted by Crippen LogP contribution is 2.47. The van der Waals surface area contributed by atoms with Crippen LogP contribution in [0.5, 0.6) is 11.5 Å². The fourth-order valence-corrected chi connectivity index (χ4v) is 6.49. The molecule has 2 aliphatic carbocycles. The van der Waals surface area contributed by atoms with Crippen LogP contribution in [0.25, 0.3) is 11.0 Å². The lowest BCUT2D eigenvalue weighted by atomic mass is 9.63. The van der Waals surface area contributed by atoms with Crippen molar-refractivity contribution in [1.82, 2.24) is 19.7 Å². The molecular weight excluding hydrogens is 466 g/mol. The van der Waals surface area contributed by atoms with Crippen molar-refractivity contribution >= 4 is 22.6 Å². The van der Waals surface area contributed by atoms with Crippen molar-refractivity contribution in [3.63, 3.8) is 0 Å². The van der Waals surface area contributed by atoms with Gasteiger partial charge in [0, 0.05) is 32.0 Å². The maximum Gasteiger partial charge on any atom is 0.163 e. The summed E-state index contributed by atoms with van der Waals surface area (Å²) in [4.78, 5) is 25.1. The fourth-order valence-electron chi connectivity index (χ4n) is 6.49. The highest BCUT2D eigenvalue weighted by atomic mass is 16.5. The van der Waals surface area contributed by atoms with Crippen LogP contribution in [0.1, 0.15) is 37.2 Å². The Morgan fingerprint density at radius 1 is 1.00 bits per heavy atom. The van der Waals surface area contributed by atoms with Gasteiger partial charge in [0.15, 0.2) is 22.9 Å². The molecule has 1 saturated heterocycles. The molecular formula is C29H33N5O3. The van der Waals surface area contributed by atoms with Crippen LogP contribution in [-0.4, -0.2) is 52.8 Å². The molecule has 8 heteroatoms. The highest BCUT2D eigenvalue weighted by Gasteiger charge is 2.42. The van der Waals surface area contributed by atoms with Crippen molar-refractivity contribution in [2.75, 3.05) is 32.2 Å². The number of aryl methyl sites for hydroxylation is 1. The molecule has 0 bridgehead atoms. The summed E-state index contributed by atoms with van der Waals surface area (Å²) in [5.74, 6) is 3.48. The maximum absolute atomic E-state index is 13.8. The largest absolute Gasteiger partial charge is 0.493 e. The van der Waals surface area contributed by atoms with Gasteiger partial charge in [-0.25, -0.2) is 9.97 Å². The molecule has 0 radical (unpaired) electrons. The number of nitrogens with zero attached hydrogens (tertiary/aromatic N) is 5. The molecule has 1 aromatic carbocycles. The van der Waals surface area contributed by atoms with Gasteiger partial charge in [-0.1, -0.05) is 24.3 Å². The standard InChI is InChI=1S/C29H33N5O3/c1-33-28-24(16-32-33)29(31-17-30-28)34-12-10-18(11-13-34)23-15-22(20-6-4-5-7-21(20)27(23)35)19-8-9-25(36-2)26(14-19)37-3/h4-5,8-9,14-18,20-22H,6-7,10-13H2,1-3H3. The number of allylic oxidation sites excluding steroid dienone is 4. The first kappa shape index (κ1) is 23.7. The quantitative estimate of drug-likeness (QED) is 0.479. The third kappa shape index (κ3) is 4.08. The zero-order valence-corrected chi connectivity index (χ0v) is 21.6. The third-order valence-electron chi connectivity index (χ3n) is 8.46. The number of ketones is 1. The van der Waals surface area contributed by atoms with Crippen LogP contribution in [-0.2, 0) is 11.8 Å². The smallest absolute Gasteiger partial charge is 0.163 e. The lowest BCUT2D eigenvalue weighted by Gasteiger charge is -2.41. The average Bonchev–Trinajstić information content (AvgIpc) is 3.34. The number of hydrogen-bond acceptors (Lipinski definition) is 7. The van der Waals surface area contributed by atoms with E-state index in [1.165, 1.54) is 5.56 Å². The van der Waals surface area contributed by atoms with Crippen LogP contribution >= 0.6 is 0 Å². The monoisotopic (exact) mass is 499 g/mol. The maximum atomic E-state index is 13.8. The number of ether oxygens (including phenoxy) is 2. The molecule has 192 valence electrons. The molecule has 2 aromatic heterocycles. The number of Topliss-reactive ketones (excluding diaryl/α,β-unsaturated/α-hetero) is 1. The number of methoxy groups -OCH3 is 2. The summed E-state index contributed by atoms with van der Waals surface area (Å²) in [7, 11) is 5.23. The Labute approximate surface area is 217 Å². The van der Waals surface area contributed by atoms with Crippen molar-refractivity contribution in [2.45, 2.75) is 31.6 Å². The molecule has 3 heterocycles. The van der Waals surface area contributed by atoms with Crippen LogP contribution < -0.4 is 14.4 Å². The Hall–Kier alpha value is -3.68. The molecule has 0 amide bonds. The first-order valence-electron chi connectivity index (χ1n) is 13.1.